The first kappa shape index (κ1) is 19.5. The second-order valence-corrected chi connectivity index (χ2v) is 7.54. The molecule has 0 atom stereocenters. The fraction of sp³-hybridized carbons (Fsp3) is 0.200. The highest BCUT2D eigenvalue weighted by atomic mass is 32.1. The van der Waals surface area contributed by atoms with E-state index in [4.69, 9.17) is 4.74 Å². The molecule has 1 N–H and O–H groups in total. The summed E-state index contributed by atoms with van der Waals surface area (Å²) in [7, 11) is 1.34. The van der Waals surface area contributed by atoms with E-state index in [0.717, 1.165) is 27.3 Å². The van der Waals surface area contributed by atoms with Gasteiger partial charge in [0.25, 0.3) is 5.91 Å². The molecule has 0 unspecified atom stereocenters. The Morgan fingerprint density at radius 1 is 1.18 bits per heavy atom. The zero-order valence-corrected chi connectivity index (χ0v) is 16.7. The zero-order valence-electron chi connectivity index (χ0n) is 15.9. The van der Waals surface area contributed by atoms with Crippen molar-refractivity contribution < 1.29 is 14.5 Å². The van der Waals surface area contributed by atoms with Crippen LogP contribution in [0.5, 0.6) is 5.75 Å². The number of amides is 1. The molecule has 7 nitrogen and oxygen atoms in total. The lowest BCUT2D eigenvalue weighted by Crippen LogP contribution is -2.12. The average Bonchev–Trinajstić information content (AvgIpc) is 3.02. The van der Waals surface area contributed by atoms with Crippen LogP contribution >= 0.6 is 11.3 Å². The first-order valence-corrected chi connectivity index (χ1v) is 9.30. The van der Waals surface area contributed by atoms with Gasteiger partial charge in [0.15, 0.2) is 10.9 Å². The first-order chi connectivity index (χ1) is 13.3. The minimum atomic E-state index is -0.582. The third kappa shape index (κ3) is 3.86. The van der Waals surface area contributed by atoms with Crippen molar-refractivity contribution in [2.75, 3.05) is 12.4 Å². The second kappa shape index (κ2) is 7.77. The zero-order chi connectivity index (χ0) is 20.4. The minimum absolute atomic E-state index is 0.101. The normalized spacial score (nSPS) is 10.6. The Morgan fingerprint density at radius 3 is 2.61 bits per heavy atom. The summed E-state index contributed by atoms with van der Waals surface area (Å²) in [4.78, 5) is 28.7. The van der Waals surface area contributed by atoms with Crippen LogP contribution in [0.15, 0.2) is 36.4 Å². The van der Waals surface area contributed by atoms with E-state index in [9.17, 15) is 14.9 Å². The van der Waals surface area contributed by atoms with Gasteiger partial charge in [-0.3, -0.25) is 20.2 Å². The number of anilines is 1. The molecule has 28 heavy (non-hydrogen) atoms. The lowest BCUT2D eigenvalue weighted by Gasteiger charge is -2.06. The summed E-state index contributed by atoms with van der Waals surface area (Å²) in [5, 5.41) is 14.3. The van der Waals surface area contributed by atoms with Gasteiger partial charge in [0.1, 0.15) is 0 Å². The third-order valence-electron chi connectivity index (χ3n) is 4.30. The maximum absolute atomic E-state index is 12.6. The number of nitro groups is 1. The van der Waals surface area contributed by atoms with E-state index >= 15 is 0 Å². The SMILES string of the molecule is COc1ccc(C(=O)Nc2nc(-c3cc(C)ccc3C)c(C)s2)cc1[N+](=O)[O-]. The van der Waals surface area contributed by atoms with Crippen molar-refractivity contribution in [2.24, 2.45) is 0 Å². The van der Waals surface area contributed by atoms with E-state index in [1.807, 2.05) is 32.9 Å². The van der Waals surface area contributed by atoms with Gasteiger partial charge in [-0.15, -0.1) is 11.3 Å². The van der Waals surface area contributed by atoms with Crippen molar-refractivity contribution in [3.05, 3.63) is 68.1 Å². The Bertz CT molecular complexity index is 1080. The number of carbonyl (C=O) groups excluding carboxylic acids is 1. The highest BCUT2D eigenvalue weighted by molar-refractivity contribution is 7.16. The van der Waals surface area contributed by atoms with E-state index in [0.29, 0.717) is 5.13 Å². The largest absolute Gasteiger partial charge is 0.490 e. The number of aryl methyl sites for hydroxylation is 3. The van der Waals surface area contributed by atoms with Gasteiger partial charge < -0.3 is 4.74 Å². The van der Waals surface area contributed by atoms with Crippen LogP contribution in [0.3, 0.4) is 0 Å². The molecule has 3 aromatic rings. The number of carbonyl (C=O) groups is 1. The number of benzene rings is 2. The average molecular weight is 397 g/mol. The Hall–Kier alpha value is -3.26. The molecule has 8 heteroatoms. The number of thiazole rings is 1. The molecule has 0 aliphatic carbocycles. The highest BCUT2D eigenvalue weighted by Crippen LogP contribution is 2.33. The predicted octanol–water partition coefficient (Wildman–Crippen LogP) is 4.90. The van der Waals surface area contributed by atoms with Crippen molar-refractivity contribution >= 4 is 28.1 Å². The molecule has 1 heterocycles. The van der Waals surface area contributed by atoms with E-state index in [1.165, 1.54) is 36.6 Å². The molecule has 0 saturated heterocycles. The number of methoxy groups -OCH3 is 1. The Morgan fingerprint density at radius 2 is 1.93 bits per heavy atom. The van der Waals surface area contributed by atoms with Gasteiger partial charge in [0.05, 0.1) is 17.7 Å². The summed E-state index contributed by atoms with van der Waals surface area (Å²) in [6, 6.07) is 10.2. The molecule has 1 aromatic heterocycles. The Balaban J connectivity index is 1.89. The maximum Gasteiger partial charge on any atom is 0.311 e. The number of ether oxygens (including phenoxy) is 1. The fourth-order valence-electron chi connectivity index (χ4n) is 2.83. The summed E-state index contributed by atoms with van der Waals surface area (Å²) in [6.07, 6.45) is 0. The van der Waals surface area contributed by atoms with Crippen molar-refractivity contribution in [1.82, 2.24) is 4.98 Å². The summed E-state index contributed by atoms with van der Waals surface area (Å²) in [5.41, 5.74) is 3.97. The van der Waals surface area contributed by atoms with E-state index in [-0.39, 0.29) is 17.0 Å². The van der Waals surface area contributed by atoms with Gasteiger partial charge >= 0.3 is 5.69 Å². The van der Waals surface area contributed by atoms with E-state index in [1.54, 1.807) is 0 Å². The summed E-state index contributed by atoms with van der Waals surface area (Å²) >= 11 is 1.36. The number of rotatable bonds is 5. The number of aromatic nitrogens is 1. The summed E-state index contributed by atoms with van der Waals surface area (Å²) in [5.74, 6) is -0.365. The van der Waals surface area contributed by atoms with Crippen molar-refractivity contribution in [2.45, 2.75) is 20.8 Å². The number of nitrogens with one attached hydrogen (secondary N) is 1. The van der Waals surface area contributed by atoms with Crippen LogP contribution in [-0.4, -0.2) is 22.9 Å². The maximum atomic E-state index is 12.6. The van der Waals surface area contributed by atoms with Crippen LogP contribution in [0.4, 0.5) is 10.8 Å². The minimum Gasteiger partial charge on any atom is -0.490 e. The van der Waals surface area contributed by atoms with Crippen LogP contribution in [0.2, 0.25) is 0 Å². The lowest BCUT2D eigenvalue weighted by atomic mass is 10.0. The molecule has 0 spiro atoms. The third-order valence-corrected chi connectivity index (χ3v) is 5.19. The molecule has 0 fully saturated rings. The second-order valence-electron chi connectivity index (χ2n) is 6.34. The fourth-order valence-corrected chi connectivity index (χ4v) is 3.66. The standard InChI is InChI=1S/C20H19N3O4S/c1-11-5-6-12(2)15(9-11)18-13(3)28-20(21-18)22-19(24)14-7-8-17(27-4)16(10-14)23(25)26/h5-10H,1-4H3,(H,21,22,24). The van der Waals surface area contributed by atoms with Crippen LogP contribution in [-0.2, 0) is 0 Å². The molecular weight excluding hydrogens is 378 g/mol. The van der Waals surface area contributed by atoms with Crippen molar-refractivity contribution in [3.8, 4) is 17.0 Å². The van der Waals surface area contributed by atoms with Gasteiger partial charge in [-0.2, -0.15) is 0 Å². The van der Waals surface area contributed by atoms with Gasteiger partial charge in [-0.25, -0.2) is 4.98 Å². The number of nitrogens with zero attached hydrogens (tertiary/aromatic N) is 2. The summed E-state index contributed by atoms with van der Waals surface area (Å²) < 4.78 is 4.96. The lowest BCUT2D eigenvalue weighted by molar-refractivity contribution is -0.385. The molecule has 0 radical (unpaired) electrons. The quantitative estimate of drug-likeness (QED) is 0.488. The van der Waals surface area contributed by atoms with Crippen molar-refractivity contribution in [3.63, 3.8) is 0 Å². The highest BCUT2D eigenvalue weighted by Gasteiger charge is 2.20. The predicted molar refractivity (Wildman–Crippen MR) is 109 cm³/mol. The van der Waals surface area contributed by atoms with Gasteiger partial charge in [-0.05, 0) is 44.5 Å². The Labute approximate surface area is 166 Å². The Kier molecular flexibility index (Phi) is 5.41. The van der Waals surface area contributed by atoms with Gasteiger partial charge in [0, 0.05) is 22.1 Å². The number of nitro benzene ring substituents is 1. The number of hydrogen-bond donors (Lipinski definition) is 1. The van der Waals surface area contributed by atoms with Crippen LogP contribution in [0, 0.1) is 30.9 Å². The topological polar surface area (TPSA) is 94.4 Å². The van der Waals surface area contributed by atoms with Crippen LogP contribution < -0.4 is 10.1 Å². The van der Waals surface area contributed by atoms with Crippen LogP contribution in [0.1, 0.15) is 26.4 Å². The molecule has 2 aromatic carbocycles. The molecule has 3 rings (SSSR count). The first-order valence-electron chi connectivity index (χ1n) is 8.49. The molecule has 0 bridgehead atoms. The monoisotopic (exact) mass is 397 g/mol. The van der Waals surface area contributed by atoms with E-state index in [2.05, 4.69) is 16.4 Å². The summed E-state index contributed by atoms with van der Waals surface area (Å²) in [6.45, 7) is 5.98. The molecule has 0 aliphatic heterocycles. The van der Waals surface area contributed by atoms with E-state index < -0.39 is 10.8 Å². The molecule has 0 aliphatic rings. The molecule has 1 amide bonds. The van der Waals surface area contributed by atoms with Crippen LogP contribution in [0.25, 0.3) is 11.3 Å². The molecular formula is C20H19N3O4S. The van der Waals surface area contributed by atoms with Gasteiger partial charge in [-0.1, -0.05) is 17.7 Å². The van der Waals surface area contributed by atoms with Gasteiger partial charge in [0.2, 0.25) is 0 Å². The smallest absolute Gasteiger partial charge is 0.311 e. The number of hydrogen-bond acceptors (Lipinski definition) is 6. The molecule has 0 saturated carbocycles. The van der Waals surface area contributed by atoms with Crippen molar-refractivity contribution in [1.29, 1.82) is 0 Å². The molecule has 144 valence electrons.